The summed E-state index contributed by atoms with van der Waals surface area (Å²) in [4.78, 5) is 10.7. The number of phenols is 1. The van der Waals surface area contributed by atoms with Crippen LogP contribution in [0.15, 0.2) is 42.5 Å². The van der Waals surface area contributed by atoms with Crippen molar-refractivity contribution >= 4 is 5.97 Å². The molecular formula is C17H15F3O4. The number of carbonyl (C=O) groups is 1. The average Bonchev–Trinajstić information content (AvgIpc) is 2.51. The van der Waals surface area contributed by atoms with Gasteiger partial charge in [-0.3, -0.25) is 4.79 Å². The van der Waals surface area contributed by atoms with Gasteiger partial charge in [0.2, 0.25) is 0 Å². The number of ether oxygens (including phenoxy) is 1. The third kappa shape index (κ3) is 4.91. The molecule has 2 N–H and O–H groups in total. The third-order valence-corrected chi connectivity index (χ3v) is 3.37. The predicted octanol–water partition coefficient (Wildman–Crippen LogP) is 4.01. The number of alkyl halides is 3. The second-order valence-electron chi connectivity index (χ2n) is 5.16. The summed E-state index contributed by atoms with van der Waals surface area (Å²) in [5.74, 6) is -0.701. The van der Waals surface area contributed by atoms with Gasteiger partial charge in [-0.15, -0.1) is 0 Å². The Bertz CT molecular complexity index is 709. The zero-order valence-corrected chi connectivity index (χ0v) is 12.5. The summed E-state index contributed by atoms with van der Waals surface area (Å²) < 4.78 is 42.9. The Labute approximate surface area is 136 Å². The maximum absolute atomic E-state index is 12.5. The first-order valence-corrected chi connectivity index (χ1v) is 7.08. The number of carboxylic acid groups (broad SMARTS) is 1. The summed E-state index contributed by atoms with van der Waals surface area (Å²) >= 11 is 0. The molecule has 0 amide bonds. The van der Waals surface area contributed by atoms with E-state index in [0.29, 0.717) is 11.1 Å². The lowest BCUT2D eigenvalue weighted by atomic mass is 10.0. The Balaban J connectivity index is 2.08. The highest BCUT2D eigenvalue weighted by Crippen LogP contribution is 2.30. The highest BCUT2D eigenvalue weighted by atomic mass is 19.4. The quantitative estimate of drug-likeness (QED) is 0.834. The minimum Gasteiger partial charge on any atom is -0.508 e. The van der Waals surface area contributed by atoms with Crippen molar-refractivity contribution in [2.45, 2.75) is 25.6 Å². The topological polar surface area (TPSA) is 66.8 Å². The average molecular weight is 340 g/mol. The summed E-state index contributed by atoms with van der Waals surface area (Å²) in [6, 6.07) is 8.75. The van der Waals surface area contributed by atoms with Crippen LogP contribution in [0.25, 0.3) is 0 Å². The summed E-state index contributed by atoms with van der Waals surface area (Å²) in [6.45, 7) is 0.00865. The van der Waals surface area contributed by atoms with Crippen LogP contribution in [0.4, 0.5) is 13.2 Å². The lowest BCUT2D eigenvalue weighted by Crippen LogP contribution is -2.05. The highest BCUT2D eigenvalue weighted by Gasteiger charge is 2.30. The van der Waals surface area contributed by atoms with Gasteiger partial charge >= 0.3 is 12.1 Å². The summed E-state index contributed by atoms with van der Waals surface area (Å²) in [7, 11) is 0. The van der Waals surface area contributed by atoms with E-state index in [0.717, 1.165) is 12.1 Å². The SMILES string of the molecule is O=C(O)CCc1ccc(O)cc1COc1ccc(C(F)(F)F)cc1. The van der Waals surface area contributed by atoms with Gasteiger partial charge in [0.15, 0.2) is 0 Å². The predicted molar refractivity (Wildman–Crippen MR) is 79.8 cm³/mol. The standard InChI is InChI=1S/C17H15F3O4/c18-17(19,20)13-3-6-15(7-4-13)24-10-12-9-14(21)5-1-11(12)2-8-16(22)23/h1,3-7,9,21H,2,8,10H2,(H,22,23). The van der Waals surface area contributed by atoms with E-state index in [1.54, 1.807) is 6.07 Å². The second kappa shape index (κ2) is 7.25. The van der Waals surface area contributed by atoms with Crippen molar-refractivity contribution in [3.63, 3.8) is 0 Å². The minimum absolute atomic E-state index is 0.0000874. The lowest BCUT2D eigenvalue weighted by molar-refractivity contribution is -0.138. The largest absolute Gasteiger partial charge is 0.508 e. The maximum Gasteiger partial charge on any atom is 0.416 e. The van der Waals surface area contributed by atoms with Crippen molar-refractivity contribution in [1.29, 1.82) is 0 Å². The number of phenolic OH excluding ortho intramolecular Hbond substituents is 1. The summed E-state index contributed by atoms with van der Waals surface area (Å²) in [5.41, 5.74) is 0.507. The first-order valence-electron chi connectivity index (χ1n) is 7.08. The van der Waals surface area contributed by atoms with Crippen molar-refractivity contribution in [3.05, 3.63) is 59.2 Å². The van der Waals surface area contributed by atoms with E-state index in [1.807, 2.05) is 0 Å². The maximum atomic E-state index is 12.5. The number of halogens is 3. The fourth-order valence-corrected chi connectivity index (χ4v) is 2.13. The molecule has 0 heterocycles. The van der Waals surface area contributed by atoms with Crippen LogP contribution in [0.2, 0.25) is 0 Å². The molecule has 0 aliphatic carbocycles. The molecule has 0 saturated carbocycles. The van der Waals surface area contributed by atoms with Gasteiger partial charge in [-0.1, -0.05) is 6.07 Å². The van der Waals surface area contributed by atoms with E-state index in [4.69, 9.17) is 9.84 Å². The van der Waals surface area contributed by atoms with Crippen LogP contribution in [0, 0.1) is 0 Å². The lowest BCUT2D eigenvalue weighted by Gasteiger charge is -2.12. The zero-order valence-electron chi connectivity index (χ0n) is 12.5. The molecule has 2 aromatic rings. The molecule has 0 aromatic heterocycles. The molecule has 0 saturated heterocycles. The van der Waals surface area contributed by atoms with Crippen LogP contribution < -0.4 is 4.74 Å². The van der Waals surface area contributed by atoms with E-state index in [1.165, 1.54) is 24.3 Å². The molecule has 7 heteroatoms. The van der Waals surface area contributed by atoms with Crippen LogP contribution in [-0.2, 0) is 24.0 Å². The van der Waals surface area contributed by atoms with Crippen LogP contribution >= 0.6 is 0 Å². The third-order valence-electron chi connectivity index (χ3n) is 3.37. The number of aryl methyl sites for hydroxylation is 1. The number of hydrogen-bond acceptors (Lipinski definition) is 3. The Hall–Kier alpha value is -2.70. The molecule has 4 nitrogen and oxygen atoms in total. The van der Waals surface area contributed by atoms with Gasteiger partial charge in [0, 0.05) is 6.42 Å². The van der Waals surface area contributed by atoms with E-state index in [2.05, 4.69) is 0 Å². The fourth-order valence-electron chi connectivity index (χ4n) is 2.13. The monoisotopic (exact) mass is 340 g/mol. The number of benzene rings is 2. The zero-order chi connectivity index (χ0) is 17.7. The molecule has 0 unspecified atom stereocenters. The van der Waals surface area contributed by atoms with Crippen LogP contribution in [-0.4, -0.2) is 16.2 Å². The van der Waals surface area contributed by atoms with Crippen LogP contribution in [0.3, 0.4) is 0 Å². The van der Waals surface area contributed by atoms with Gasteiger partial charge in [0.1, 0.15) is 18.1 Å². The number of rotatable bonds is 6. The Kier molecular flexibility index (Phi) is 5.33. The molecule has 0 aliphatic heterocycles. The molecule has 0 fully saturated rings. The van der Waals surface area contributed by atoms with E-state index >= 15 is 0 Å². The first kappa shape index (κ1) is 17.7. The van der Waals surface area contributed by atoms with Crippen LogP contribution in [0.1, 0.15) is 23.1 Å². The Morgan fingerprint density at radius 1 is 1.04 bits per heavy atom. The van der Waals surface area contributed by atoms with E-state index in [9.17, 15) is 23.1 Å². The molecule has 2 aromatic carbocycles. The van der Waals surface area contributed by atoms with Gasteiger partial charge in [-0.25, -0.2) is 0 Å². The van der Waals surface area contributed by atoms with Gasteiger partial charge < -0.3 is 14.9 Å². The molecule has 0 atom stereocenters. The molecule has 24 heavy (non-hydrogen) atoms. The molecule has 0 bridgehead atoms. The van der Waals surface area contributed by atoms with E-state index < -0.39 is 17.7 Å². The summed E-state index contributed by atoms with van der Waals surface area (Å²) in [5, 5.41) is 18.3. The fraction of sp³-hybridized carbons (Fsp3) is 0.235. The smallest absolute Gasteiger partial charge is 0.416 e. The number of aromatic hydroxyl groups is 1. The van der Waals surface area contributed by atoms with Crippen molar-refractivity contribution in [1.82, 2.24) is 0 Å². The van der Waals surface area contributed by atoms with Crippen molar-refractivity contribution in [2.75, 3.05) is 0 Å². The molecule has 0 aliphatic rings. The van der Waals surface area contributed by atoms with E-state index in [-0.39, 0.29) is 30.9 Å². The van der Waals surface area contributed by atoms with Crippen molar-refractivity contribution in [2.24, 2.45) is 0 Å². The Morgan fingerprint density at radius 3 is 2.29 bits per heavy atom. The van der Waals surface area contributed by atoms with Gasteiger partial charge in [-0.05, 0) is 53.9 Å². The summed E-state index contributed by atoms with van der Waals surface area (Å²) in [6.07, 6.45) is -4.22. The molecule has 2 rings (SSSR count). The van der Waals surface area contributed by atoms with Crippen molar-refractivity contribution < 1.29 is 32.9 Å². The second-order valence-corrected chi connectivity index (χ2v) is 5.16. The molecular weight excluding hydrogens is 325 g/mol. The molecule has 128 valence electrons. The van der Waals surface area contributed by atoms with Gasteiger partial charge in [-0.2, -0.15) is 13.2 Å². The number of carboxylic acids is 1. The number of hydrogen-bond donors (Lipinski definition) is 2. The van der Waals surface area contributed by atoms with Crippen molar-refractivity contribution in [3.8, 4) is 11.5 Å². The Morgan fingerprint density at radius 2 is 1.71 bits per heavy atom. The first-order chi connectivity index (χ1) is 11.3. The number of aliphatic carboxylic acids is 1. The normalized spacial score (nSPS) is 11.3. The van der Waals surface area contributed by atoms with Gasteiger partial charge in [0.05, 0.1) is 5.56 Å². The highest BCUT2D eigenvalue weighted by molar-refractivity contribution is 5.67. The van der Waals surface area contributed by atoms with Gasteiger partial charge in [0.25, 0.3) is 0 Å². The minimum atomic E-state index is -4.41. The molecule has 0 spiro atoms. The molecule has 0 radical (unpaired) electrons. The van der Waals surface area contributed by atoms with Crippen LogP contribution in [0.5, 0.6) is 11.5 Å².